The minimum Gasteiger partial charge on any atom is -0.508 e. The zero-order chi connectivity index (χ0) is 17.9. The number of carbonyl (C=O) groups is 1. The van der Waals surface area contributed by atoms with Crippen LogP contribution in [0.5, 0.6) is 5.75 Å². The number of aliphatic hydroxyl groups excluding tert-OH is 1. The molecule has 0 amide bonds. The summed E-state index contributed by atoms with van der Waals surface area (Å²) in [5, 5.41) is 18.9. The molecule has 2 unspecified atom stereocenters. The monoisotopic (exact) mass is 351 g/mol. The van der Waals surface area contributed by atoms with Gasteiger partial charge >= 0.3 is 7.75 Å². The van der Waals surface area contributed by atoms with Crippen molar-refractivity contribution < 1.29 is 29.4 Å². The van der Waals surface area contributed by atoms with Gasteiger partial charge < -0.3 is 20.0 Å². The van der Waals surface area contributed by atoms with Crippen LogP contribution in [0.2, 0.25) is 0 Å². The number of rotatable bonds is 5. The fourth-order valence-electron chi connectivity index (χ4n) is 2.59. The van der Waals surface area contributed by atoms with Gasteiger partial charge in [0.15, 0.2) is 5.78 Å². The lowest BCUT2D eigenvalue weighted by Gasteiger charge is -2.22. The maximum atomic E-state index is 12.9. The Morgan fingerprint density at radius 3 is 2.42 bits per heavy atom. The molecule has 2 rings (SSSR count). The molecule has 0 spiro atoms. The van der Waals surface area contributed by atoms with Crippen LogP contribution in [0.4, 0.5) is 0 Å². The molecule has 128 valence electrons. The standard InChI is InChI=1S/C16H18NO6P/c1-2-13(10-3-5-11(18)6-4-10)16(20)14-8-7-12(19)9-15(14)17-24(21,22)23/h3-9,13-14,18-19H,2H2,1H3,(H2,21,22,23). The SMILES string of the molecule is CCC(C(=O)C1C=CC(O)=CC1=NP(=O)(O)O)c1ccc(O)cc1. The number of hydrogen-bond acceptors (Lipinski definition) is 4. The van der Waals surface area contributed by atoms with E-state index in [4.69, 9.17) is 9.79 Å². The van der Waals surface area contributed by atoms with Crippen molar-refractivity contribution >= 4 is 19.2 Å². The number of Topliss-reactive ketones (excluding diaryl/α,β-unsaturated/α-hetero) is 1. The van der Waals surface area contributed by atoms with Crippen molar-refractivity contribution in [3.63, 3.8) is 0 Å². The smallest absolute Gasteiger partial charge is 0.448 e. The molecular weight excluding hydrogens is 333 g/mol. The van der Waals surface area contributed by atoms with Crippen LogP contribution in [0.15, 0.2) is 53.0 Å². The number of nitrogens with zero attached hydrogens (tertiary/aromatic N) is 1. The van der Waals surface area contributed by atoms with Crippen molar-refractivity contribution in [2.24, 2.45) is 10.7 Å². The number of phenols is 1. The molecule has 24 heavy (non-hydrogen) atoms. The Hall–Kier alpha value is -2.21. The van der Waals surface area contributed by atoms with E-state index < -0.39 is 19.6 Å². The molecule has 1 aliphatic carbocycles. The molecule has 0 saturated carbocycles. The zero-order valence-electron chi connectivity index (χ0n) is 12.9. The molecule has 0 saturated heterocycles. The summed E-state index contributed by atoms with van der Waals surface area (Å²) >= 11 is 0. The molecule has 0 heterocycles. The van der Waals surface area contributed by atoms with Crippen LogP contribution in [0.1, 0.15) is 24.8 Å². The fraction of sp³-hybridized carbons (Fsp3) is 0.250. The first kappa shape index (κ1) is 18.1. The van der Waals surface area contributed by atoms with Crippen LogP contribution in [0.25, 0.3) is 0 Å². The Morgan fingerprint density at radius 1 is 1.25 bits per heavy atom. The summed E-state index contributed by atoms with van der Waals surface area (Å²) in [6, 6.07) is 6.19. The molecule has 0 aliphatic heterocycles. The van der Waals surface area contributed by atoms with Crippen molar-refractivity contribution in [3.05, 3.63) is 53.8 Å². The molecule has 2 atom stereocenters. The molecule has 1 aromatic carbocycles. The minimum atomic E-state index is -4.74. The highest BCUT2D eigenvalue weighted by atomic mass is 31.2. The highest BCUT2D eigenvalue weighted by Gasteiger charge is 2.31. The van der Waals surface area contributed by atoms with E-state index >= 15 is 0 Å². The van der Waals surface area contributed by atoms with E-state index in [-0.39, 0.29) is 23.0 Å². The van der Waals surface area contributed by atoms with Gasteiger partial charge in [0.05, 0.1) is 11.6 Å². The average Bonchev–Trinajstić information content (AvgIpc) is 2.48. The molecule has 7 nitrogen and oxygen atoms in total. The van der Waals surface area contributed by atoms with E-state index in [1.807, 2.05) is 6.92 Å². The van der Waals surface area contributed by atoms with E-state index in [0.29, 0.717) is 12.0 Å². The maximum Gasteiger partial charge on any atom is 0.448 e. The summed E-state index contributed by atoms with van der Waals surface area (Å²) in [6.07, 6.45) is 4.21. The van der Waals surface area contributed by atoms with Crippen molar-refractivity contribution in [1.29, 1.82) is 0 Å². The number of ketones is 1. The number of benzene rings is 1. The molecule has 8 heteroatoms. The average molecular weight is 351 g/mol. The third-order valence-electron chi connectivity index (χ3n) is 3.67. The first-order valence-corrected chi connectivity index (χ1v) is 8.85. The first-order chi connectivity index (χ1) is 11.2. The zero-order valence-corrected chi connectivity index (χ0v) is 13.8. The van der Waals surface area contributed by atoms with E-state index in [9.17, 15) is 19.6 Å². The second-order valence-electron chi connectivity index (χ2n) is 5.40. The summed E-state index contributed by atoms with van der Waals surface area (Å²) in [4.78, 5) is 31.0. The van der Waals surface area contributed by atoms with Crippen molar-refractivity contribution in [2.75, 3.05) is 0 Å². The predicted octanol–water partition coefficient (Wildman–Crippen LogP) is 2.62. The summed E-state index contributed by atoms with van der Waals surface area (Å²) in [6.45, 7) is 1.81. The molecule has 0 bridgehead atoms. The van der Waals surface area contributed by atoms with E-state index in [1.54, 1.807) is 12.1 Å². The highest BCUT2D eigenvalue weighted by molar-refractivity contribution is 7.50. The predicted molar refractivity (Wildman–Crippen MR) is 89.0 cm³/mol. The van der Waals surface area contributed by atoms with Gasteiger partial charge in [-0.1, -0.05) is 25.1 Å². The molecule has 1 aliphatic rings. The van der Waals surface area contributed by atoms with Crippen LogP contribution in [-0.4, -0.2) is 31.5 Å². The second-order valence-corrected chi connectivity index (χ2v) is 6.63. The summed E-state index contributed by atoms with van der Waals surface area (Å²) in [5.41, 5.74) is 0.508. The Bertz CT molecular complexity index is 759. The second kappa shape index (κ2) is 7.13. The van der Waals surface area contributed by atoms with Crippen LogP contribution >= 0.6 is 7.75 Å². The number of carbonyl (C=O) groups excluding carboxylic acids is 1. The molecule has 4 N–H and O–H groups in total. The summed E-state index contributed by atoms with van der Waals surface area (Å²) in [7, 11) is -4.74. The summed E-state index contributed by atoms with van der Waals surface area (Å²) in [5.74, 6) is -1.95. The Balaban J connectivity index is 2.38. The molecule has 0 fully saturated rings. The fourth-order valence-corrected chi connectivity index (χ4v) is 3.07. The van der Waals surface area contributed by atoms with Crippen LogP contribution in [0, 0.1) is 5.92 Å². The number of phenolic OH excluding ortho intramolecular Hbond substituents is 1. The van der Waals surface area contributed by atoms with Crippen molar-refractivity contribution in [3.8, 4) is 5.75 Å². The van der Waals surface area contributed by atoms with Gasteiger partial charge in [-0.25, -0.2) is 4.57 Å². The van der Waals surface area contributed by atoms with Gasteiger partial charge in [-0.2, -0.15) is 4.76 Å². The van der Waals surface area contributed by atoms with E-state index in [0.717, 1.165) is 6.08 Å². The van der Waals surface area contributed by atoms with Gasteiger partial charge in [0, 0.05) is 12.0 Å². The third kappa shape index (κ3) is 4.41. The molecule has 1 aromatic rings. The maximum absolute atomic E-state index is 12.9. The van der Waals surface area contributed by atoms with Crippen LogP contribution in [0.3, 0.4) is 0 Å². The van der Waals surface area contributed by atoms with Gasteiger partial charge in [0.1, 0.15) is 11.5 Å². The topological polar surface area (TPSA) is 127 Å². The van der Waals surface area contributed by atoms with Crippen molar-refractivity contribution in [1.82, 2.24) is 0 Å². The molecular formula is C16H18NO6P. The first-order valence-electron chi connectivity index (χ1n) is 7.28. The van der Waals surface area contributed by atoms with Crippen LogP contribution < -0.4 is 0 Å². The lowest BCUT2D eigenvalue weighted by atomic mass is 9.82. The normalized spacial score (nSPS) is 20.7. The van der Waals surface area contributed by atoms with Gasteiger partial charge in [0.2, 0.25) is 0 Å². The third-order valence-corrected chi connectivity index (χ3v) is 4.16. The Kier molecular flexibility index (Phi) is 5.39. The number of allylic oxidation sites excluding steroid dienone is 3. The Labute approximate surface area is 138 Å². The number of hydrogen-bond donors (Lipinski definition) is 4. The van der Waals surface area contributed by atoms with E-state index in [1.165, 1.54) is 24.3 Å². The number of aromatic hydroxyl groups is 1. The lowest BCUT2D eigenvalue weighted by Crippen LogP contribution is -2.28. The quantitative estimate of drug-likeness (QED) is 0.604. The van der Waals surface area contributed by atoms with E-state index in [2.05, 4.69) is 4.76 Å². The van der Waals surface area contributed by atoms with Gasteiger partial charge in [0.25, 0.3) is 0 Å². The summed E-state index contributed by atoms with van der Waals surface area (Å²) < 4.78 is 14.4. The molecule has 0 aromatic heterocycles. The lowest BCUT2D eigenvalue weighted by molar-refractivity contribution is -0.121. The van der Waals surface area contributed by atoms with Gasteiger partial charge in [-0.3, -0.25) is 4.79 Å². The van der Waals surface area contributed by atoms with Gasteiger partial charge in [-0.05, 0) is 30.2 Å². The van der Waals surface area contributed by atoms with Crippen LogP contribution in [-0.2, 0) is 9.36 Å². The number of aliphatic hydroxyl groups is 1. The highest BCUT2D eigenvalue weighted by Crippen LogP contribution is 2.39. The van der Waals surface area contributed by atoms with Gasteiger partial charge in [-0.15, -0.1) is 0 Å². The minimum absolute atomic E-state index is 0.0789. The Morgan fingerprint density at radius 2 is 1.88 bits per heavy atom. The largest absolute Gasteiger partial charge is 0.508 e. The molecule has 0 radical (unpaired) electrons. The van der Waals surface area contributed by atoms with Crippen molar-refractivity contribution in [2.45, 2.75) is 19.3 Å².